The number of unbranched alkanes of at least 4 members (excludes halogenated alkanes) is 1. The summed E-state index contributed by atoms with van der Waals surface area (Å²) in [6, 6.07) is 16.1. The molecule has 0 heterocycles. The number of esters is 1. The van der Waals surface area contributed by atoms with Gasteiger partial charge in [0.05, 0.1) is 5.56 Å². The first-order valence-corrected chi connectivity index (χ1v) is 15.5. The van der Waals surface area contributed by atoms with Gasteiger partial charge in [-0.05, 0) is 92.1 Å². The third kappa shape index (κ3) is 7.65. The quantitative estimate of drug-likeness (QED) is 0.237. The van der Waals surface area contributed by atoms with Crippen molar-refractivity contribution in [2.75, 3.05) is 0 Å². The molecule has 0 aliphatic heterocycles. The average molecular weight is 571 g/mol. The first kappa shape index (κ1) is 33.4. The molecule has 228 valence electrons. The zero-order valence-electron chi connectivity index (χ0n) is 28.5. The molecule has 0 amide bonds. The molecule has 0 atom stereocenters. The summed E-state index contributed by atoms with van der Waals surface area (Å²) in [7, 11) is 0. The van der Waals surface area contributed by atoms with Gasteiger partial charge in [-0.1, -0.05) is 121 Å². The number of hydrogen-bond acceptors (Lipinski definition) is 3. The highest BCUT2D eigenvalue weighted by atomic mass is 16.5. The van der Waals surface area contributed by atoms with E-state index in [0.29, 0.717) is 17.7 Å². The minimum Gasteiger partial charge on any atom is -0.508 e. The molecule has 0 spiro atoms. The van der Waals surface area contributed by atoms with Crippen molar-refractivity contribution in [3.8, 4) is 22.6 Å². The van der Waals surface area contributed by atoms with Gasteiger partial charge in [0.25, 0.3) is 0 Å². The minimum atomic E-state index is -0.392. The van der Waals surface area contributed by atoms with E-state index < -0.39 is 5.97 Å². The van der Waals surface area contributed by atoms with Crippen molar-refractivity contribution in [3.05, 3.63) is 81.9 Å². The Hall–Kier alpha value is -3.07. The second kappa shape index (κ2) is 11.9. The van der Waals surface area contributed by atoms with Gasteiger partial charge in [-0.2, -0.15) is 0 Å². The van der Waals surface area contributed by atoms with Gasteiger partial charge in [-0.25, -0.2) is 4.79 Å². The van der Waals surface area contributed by atoms with E-state index in [2.05, 4.69) is 120 Å². The fourth-order valence-electron chi connectivity index (χ4n) is 5.36. The largest absolute Gasteiger partial charge is 0.508 e. The number of hydrogen-bond donors (Lipinski definition) is 1. The number of phenols is 1. The molecule has 3 aromatic rings. The standard InChI is InChI=1S/C39H54O3/c1-14-15-16-25-21-28(40)18-20-29(25)35(41)42-33-24-27(37(5,6)7)23-32(39(11,12)13)34(33)30-19-17-26(36(2,3)4)22-31(30)38(8,9)10/h17-24,40H,14-16H2,1-13H3. The molecule has 0 saturated heterocycles. The van der Waals surface area contributed by atoms with Crippen molar-refractivity contribution in [1.82, 2.24) is 0 Å². The van der Waals surface area contributed by atoms with Gasteiger partial charge in [-0.15, -0.1) is 0 Å². The van der Waals surface area contributed by atoms with Crippen LogP contribution >= 0.6 is 0 Å². The average Bonchev–Trinajstić information content (AvgIpc) is 2.84. The molecule has 0 bridgehead atoms. The van der Waals surface area contributed by atoms with Crippen molar-refractivity contribution in [2.24, 2.45) is 0 Å². The van der Waals surface area contributed by atoms with Crippen molar-refractivity contribution in [2.45, 2.75) is 131 Å². The van der Waals surface area contributed by atoms with Crippen molar-refractivity contribution in [1.29, 1.82) is 0 Å². The molecule has 0 aliphatic rings. The Labute approximate surface area is 255 Å². The maximum absolute atomic E-state index is 14.0. The fourth-order valence-corrected chi connectivity index (χ4v) is 5.36. The second-order valence-corrected chi connectivity index (χ2v) is 16.0. The number of benzene rings is 3. The summed E-state index contributed by atoms with van der Waals surface area (Å²) in [4.78, 5) is 14.0. The Kier molecular flexibility index (Phi) is 9.47. The number of phenolic OH excluding ortho intramolecular Hbond substituents is 1. The van der Waals surface area contributed by atoms with Crippen LogP contribution in [0.2, 0.25) is 0 Å². The Balaban J connectivity index is 2.40. The summed E-state index contributed by atoms with van der Waals surface area (Å²) in [6.07, 6.45) is 2.63. The monoisotopic (exact) mass is 570 g/mol. The predicted molar refractivity (Wildman–Crippen MR) is 178 cm³/mol. The van der Waals surface area contributed by atoms with E-state index in [1.165, 1.54) is 11.1 Å². The molecule has 0 aromatic heterocycles. The van der Waals surface area contributed by atoms with E-state index in [4.69, 9.17) is 4.74 Å². The molecule has 3 rings (SSSR count). The lowest BCUT2D eigenvalue weighted by Gasteiger charge is -2.33. The second-order valence-electron chi connectivity index (χ2n) is 16.0. The van der Waals surface area contributed by atoms with E-state index in [1.54, 1.807) is 18.2 Å². The van der Waals surface area contributed by atoms with Crippen LogP contribution in [0.15, 0.2) is 48.5 Å². The third-order valence-electron chi connectivity index (χ3n) is 8.05. The van der Waals surface area contributed by atoms with Crippen LogP contribution in [0.5, 0.6) is 11.5 Å². The smallest absolute Gasteiger partial charge is 0.343 e. The Bertz CT molecular complexity index is 1430. The third-order valence-corrected chi connectivity index (χ3v) is 8.05. The Morgan fingerprint density at radius 2 is 1.26 bits per heavy atom. The van der Waals surface area contributed by atoms with Crippen LogP contribution in [0.25, 0.3) is 11.1 Å². The number of carbonyl (C=O) groups excluding carboxylic acids is 1. The number of aromatic hydroxyl groups is 1. The van der Waals surface area contributed by atoms with Gasteiger partial charge in [0.1, 0.15) is 11.5 Å². The maximum atomic E-state index is 14.0. The van der Waals surface area contributed by atoms with E-state index >= 15 is 0 Å². The van der Waals surface area contributed by atoms with E-state index in [9.17, 15) is 9.90 Å². The van der Waals surface area contributed by atoms with Crippen molar-refractivity contribution < 1.29 is 14.6 Å². The molecular weight excluding hydrogens is 516 g/mol. The summed E-state index contributed by atoms with van der Waals surface area (Å²) < 4.78 is 6.46. The lowest BCUT2D eigenvalue weighted by atomic mass is 9.73. The normalized spacial score (nSPS) is 12.9. The fraction of sp³-hybridized carbons (Fsp3) is 0.513. The van der Waals surface area contributed by atoms with Crippen LogP contribution in [0.4, 0.5) is 0 Å². The van der Waals surface area contributed by atoms with E-state index in [0.717, 1.165) is 40.7 Å². The molecular formula is C39H54O3. The molecule has 0 saturated carbocycles. The number of carbonyl (C=O) groups is 1. The minimum absolute atomic E-state index is 0.00450. The van der Waals surface area contributed by atoms with Gasteiger partial charge < -0.3 is 9.84 Å². The van der Waals surface area contributed by atoms with Gasteiger partial charge in [-0.3, -0.25) is 0 Å². The van der Waals surface area contributed by atoms with Crippen molar-refractivity contribution >= 4 is 5.97 Å². The molecule has 0 aliphatic carbocycles. The number of rotatable bonds is 6. The van der Waals surface area contributed by atoms with E-state index in [1.807, 2.05) is 0 Å². The van der Waals surface area contributed by atoms with Crippen molar-refractivity contribution in [3.63, 3.8) is 0 Å². The van der Waals surface area contributed by atoms with Gasteiger partial charge in [0.2, 0.25) is 0 Å². The SMILES string of the molecule is CCCCc1cc(O)ccc1C(=O)Oc1cc(C(C)(C)C)cc(C(C)(C)C)c1-c1ccc(C(C)(C)C)cc1C(C)(C)C. The highest BCUT2D eigenvalue weighted by Crippen LogP contribution is 2.47. The van der Waals surface area contributed by atoms with Gasteiger partial charge in [0.15, 0.2) is 0 Å². The van der Waals surface area contributed by atoms with Crippen LogP contribution in [0.1, 0.15) is 141 Å². The molecule has 1 N–H and O–H groups in total. The molecule has 0 radical (unpaired) electrons. The molecule has 0 unspecified atom stereocenters. The molecule has 3 aromatic carbocycles. The first-order valence-electron chi connectivity index (χ1n) is 15.5. The van der Waals surface area contributed by atoms with Gasteiger partial charge >= 0.3 is 5.97 Å². The Morgan fingerprint density at radius 1 is 0.690 bits per heavy atom. The maximum Gasteiger partial charge on any atom is 0.343 e. The van der Waals surface area contributed by atoms with Gasteiger partial charge in [0, 0.05) is 5.56 Å². The Morgan fingerprint density at radius 3 is 1.79 bits per heavy atom. The lowest BCUT2D eigenvalue weighted by Crippen LogP contribution is -2.22. The molecule has 42 heavy (non-hydrogen) atoms. The first-order chi connectivity index (χ1) is 19.1. The van der Waals surface area contributed by atoms with Crippen LogP contribution in [0, 0.1) is 0 Å². The van der Waals surface area contributed by atoms with Crippen LogP contribution in [-0.4, -0.2) is 11.1 Å². The zero-order chi connectivity index (χ0) is 31.8. The van der Waals surface area contributed by atoms with Crippen LogP contribution in [-0.2, 0) is 28.1 Å². The lowest BCUT2D eigenvalue weighted by molar-refractivity contribution is 0.0734. The molecule has 3 nitrogen and oxygen atoms in total. The summed E-state index contributed by atoms with van der Waals surface area (Å²) in [5, 5.41) is 10.2. The number of aryl methyl sites for hydroxylation is 1. The zero-order valence-corrected chi connectivity index (χ0v) is 28.5. The van der Waals surface area contributed by atoms with Crippen LogP contribution in [0.3, 0.4) is 0 Å². The number of ether oxygens (including phenoxy) is 1. The highest BCUT2D eigenvalue weighted by molar-refractivity contribution is 5.94. The summed E-state index contributed by atoms with van der Waals surface area (Å²) in [6.45, 7) is 28.9. The summed E-state index contributed by atoms with van der Waals surface area (Å²) >= 11 is 0. The topological polar surface area (TPSA) is 46.5 Å². The highest BCUT2D eigenvalue weighted by Gasteiger charge is 2.31. The summed E-state index contributed by atoms with van der Waals surface area (Å²) in [5.41, 5.74) is 7.70. The molecule has 0 fully saturated rings. The predicted octanol–water partition coefficient (Wildman–Crippen LogP) is 10.8. The molecule has 3 heteroatoms. The summed E-state index contributed by atoms with van der Waals surface area (Å²) in [5.74, 6) is 0.356. The van der Waals surface area contributed by atoms with Crippen LogP contribution < -0.4 is 4.74 Å². The van der Waals surface area contributed by atoms with E-state index in [-0.39, 0.29) is 27.4 Å².